The van der Waals surface area contributed by atoms with E-state index < -0.39 is 18.0 Å². The fraction of sp³-hybridized carbons (Fsp3) is 0.278. The molecule has 6 nitrogen and oxygen atoms in total. The first-order valence-electron chi connectivity index (χ1n) is 7.73. The summed E-state index contributed by atoms with van der Waals surface area (Å²) in [6.07, 6.45) is 2.05. The molecule has 7 heteroatoms. The Labute approximate surface area is 155 Å². The molecule has 132 valence electrons. The minimum Gasteiger partial charge on any atom is -0.449 e. The van der Waals surface area contributed by atoms with Crippen molar-refractivity contribution in [2.45, 2.75) is 26.9 Å². The van der Waals surface area contributed by atoms with Gasteiger partial charge >= 0.3 is 5.97 Å². The number of rotatable bonds is 5. The molecule has 0 radical (unpaired) electrons. The third-order valence-electron chi connectivity index (χ3n) is 3.72. The third kappa shape index (κ3) is 5.03. The molecule has 0 aliphatic heterocycles. The summed E-state index contributed by atoms with van der Waals surface area (Å²) >= 11 is 3.33. The number of amides is 1. The van der Waals surface area contributed by atoms with Crippen molar-refractivity contribution in [1.82, 2.24) is 9.78 Å². The largest absolute Gasteiger partial charge is 0.449 e. The molecule has 1 heterocycles. The number of anilines is 1. The molecule has 0 fully saturated rings. The topological polar surface area (TPSA) is 73.2 Å². The number of aromatic nitrogens is 2. The van der Waals surface area contributed by atoms with E-state index in [2.05, 4.69) is 26.3 Å². The Morgan fingerprint density at radius 3 is 2.48 bits per heavy atom. The summed E-state index contributed by atoms with van der Waals surface area (Å²) in [5.41, 5.74) is 3.27. The quantitative estimate of drug-likeness (QED) is 0.611. The molecule has 1 amide bonds. The lowest BCUT2D eigenvalue weighted by Gasteiger charge is -2.12. The lowest BCUT2D eigenvalue weighted by molar-refractivity contribution is -0.148. The number of aryl methyl sites for hydroxylation is 2. The van der Waals surface area contributed by atoms with Gasteiger partial charge in [0, 0.05) is 34.5 Å². The number of carbonyl (C=O) groups excluding carboxylic acids is 2. The van der Waals surface area contributed by atoms with Gasteiger partial charge < -0.3 is 10.1 Å². The maximum absolute atomic E-state index is 12.1. The van der Waals surface area contributed by atoms with Crippen LogP contribution in [0.3, 0.4) is 0 Å². The molecule has 0 aliphatic carbocycles. The first-order valence-corrected chi connectivity index (χ1v) is 8.52. The van der Waals surface area contributed by atoms with Crippen LogP contribution in [0.1, 0.15) is 23.9 Å². The first kappa shape index (κ1) is 18.9. The fourth-order valence-electron chi connectivity index (χ4n) is 2.23. The SMILES string of the molecule is Cc1nn(C)c(C)c1/C=C/C(=O)O[C@H](C)C(=O)Nc1ccc(Br)cc1. The second-order valence-electron chi connectivity index (χ2n) is 5.62. The molecule has 25 heavy (non-hydrogen) atoms. The molecule has 0 unspecified atom stereocenters. The monoisotopic (exact) mass is 405 g/mol. The van der Waals surface area contributed by atoms with Gasteiger partial charge in [-0.3, -0.25) is 9.48 Å². The van der Waals surface area contributed by atoms with E-state index in [1.807, 2.05) is 33.0 Å². The normalized spacial score (nSPS) is 12.2. The molecule has 1 aromatic carbocycles. The summed E-state index contributed by atoms with van der Waals surface area (Å²) in [5, 5.41) is 6.97. The van der Waals surface area contributed by atoms with Crippen LogP contribution in [0, 0.1) is 13.8 Å². The third-order valence-corrected chi connectivity index (χ3v) is 4.25. The molecule has 0 aliphatic rings. The molecule has 0 bridgehead atoms. The maximum atomic E-state index is 12.1. The smallest absolute Gasteiger partial charge is 0.331 e. The van der Waals surface area contributed by atoms with E-state index in [-0.39, 0.29) is 0 Å². The van der Waals surface area contributed by atoms with Gasteiger partial charge in [0.25, 0.3) is 5.91 Å². The predicted molar refractivity (Wildman–Crippen MR) is 100 cm³/mol. The molecule has 0 spiro atoms. The highest BCUT2D eigenvalue weighted by molar-refractivity contribution is 9.10. The second kappa shape index (κ2) is 8.11. The first-order chi connectivity index (χ1) is 11.8. The summed E-state index contributed by atoms with van der Waals surface area (Å²) in [6, 6.07) is 7.13. The number of ether oxygens (including phenoxy) is 1. The van der Waals surface area contributed by atoms with Crippen LogP contribution in [0.25, 0.3) is 6.08 Å². The van der Waals surface area contributed by atoms with Gasteiger partial charge in [-0.2, -0.15) is 5.10 Å². The molecular weight excluding hydrogens is 386 g/mol. The number of hydrogen-bond acceptors (Lipinski definition) is 4. The molecule has 0 saturated heterocycles. The number of nitrogens with zero attached hydrogens (tertiary/aromatic N) is 2. The summed E-state index contributed by atoms with van der Waals surface area (Å²) in [4.78, 5) is 24.0. The van der Waals surface area contributed by atoms with E-state index in [4.69, 9.17) is 4.74 Å². The van der Waals surface area contributed by atoms with Crippen molar-refractivity contribution in [3.05, 3.63) is 51.8 Å². The molecule has 0 saturated carbocycles. The van der Waals surface area contributed by atoms with Gasteiger partial charge in [-0.1, -0.05) is 15.9 Å². The minimum atomic E-state index is -0.906. The molecular formula is C18H20BrN3O3. The van der Waals surface area contributed by atoms with Gasteiger partial charge in [-0.15, -0.1) is 0 Å². The van der Waals surface area contributed by atoms with Gasteiger partial charge in [0.05, 0.1) is 5.69 Å². The summed E-state index contributed by atoms with van der Waals surface area (Å²) < 4.78 is 7.80. The summed E-state index contributed by atoms with van der Waals surface area (Å²) in [5.74, 6) is -0.973. The van der Waals surface area contributed by atoms with Crippen molar-refractivity contribution in [1.29, 1.82) is 0 Å². The molecule has 2 aromatic rings. The van der Waals surface area contributed by atoms with Crippen molar-refractivity contribution in [2.24, 2.45) is 7.05 Å². The van der Waals surface area contributed by atoms with Crippen molar-refractivity contribution < 1.29 is 14.3 Å². The van der Waals surface area contributed by atoms with Crippen molar-refractivity contribution in [3.8, 4) is 0 Å². The molecule has 2 rings (SSSR count). The highest BCUT2D eigenvalue weighted by Crippen LogP contribution is 2.15. The Bertz CT molecular complexity index is 810. The summed E-state index contributed by atoms with van der Waals surface area (Å²) in [6.45, 7) is 5.31. The summed E-state index contributed by atoms with van der Waals surface area (Å²) in [7, 11) is 1.84. The Kier molecular flexibility index (Phi) is 6.14. The lowest BCUT2D eigenvalue weighted by atomic mass is 10.2. The van der Waals surface area contributed by atoms with E-state index in [1.54, 1.807) is 22.9 Å². The van der Waals surface area contributed by atoms with E-state index in [1.165, 1.54) is 13.0 Å². The van der Waals surface area contributed by atoms with Crippen LogP contribution in [0.5, 0.6) is 0 Å². The zero-order valence-corrected chi connectivity index (χ0v) is 16.1. The van der Waals surface area contributed by atoms with Gasteiger partial charge in [0.1, 0.15) is 0 Å². The van der Waals surface area contributed by atoms with Crippen LogP contribution >= 0.6 is 15.9 Å². The van der Waals surface area contributed by atoms with Crippen molar-refractivity contribution in [3.63, 3.8) is 0 Å². The van der Waals surface area contributed by atoms with Crippen LogP contribution in [0.15, 0.2) is 34.8 Å². The number of carbonyl (C=O) groups is 2. The predicted octanol–water partition coefficient (Wildman–Crippen LogP) is 3.38. The van der Waals surface area contributed by atoms with Crippen LogP contribution in [0.4, 0.5) is 5.69 Å². The fourth-order valence-corrected chi connectivity index (χ4v) is 2.49. The maximum Gasteiger partial charge on any atom is 0.331 e. The Morgan fingerprint density at radius 1 is 1.28 bits per heavy atom. The number of halogens is 1. The minimum absolute atomic E-state index is 0.391. The number of hydrogen-bond donors (Lipinski definition) is 1. The van der Waals surface area contributed by atoms with Crippen LogP contribution in [0.2, 0.25) is 0 Å². The number of benzene rings is 1. The molecule has 1 N–H and O–H groups in total. The van der Waals surface area contributed by atoms with Gasteiger partial charge in [0.15, 0.2) is 6.10 Å². The van der Waals surface area contributed by atoms with E-state index in [0.29, 0.717) is 5.69 Å². The Balaban J connectivity index is 1.93. The van der Waals surface area contributed by atoms with Gasteiger partial charge in [-0.25, -0.2) is 4.79 Å². The Hall–Kier alpha value is -2.41. The van der Waals surface area contributed by atoms with Crippen molar-refractivity contribution >= 4 is 39.6 Å². The molecule has 1 atom stereocenters. The number of esters is 1. The van der Waals surface area contributed by atoms with E-state index >= 15 is 0 Å². The van der Waals surface area contributed by atoms with Crippen LogP contribution in [-0.4, -0.2) is 27.8 Å². The standard InChI is InChI=1S/C18H20BrN3O3/c1-11-16(12(2)22(4)21-11)9-10-17(23)25-13(3)18(24)20-15-7-5-14(19)6-8-15/h5-10,13H,1-4H3,(H,20,24)/b10-9+/t13-/m1/s1. The zero-order chi connectivity index (χ0) is 18.6. The average Bonchev–Trinajstić information content (AvgIpc) is 2.80. The highest BCUT2D eigenvalue weighted by atomic mass is 79.9. The average molecular weight is 406 g/mol. The molecule has 1 aromatic heterocycles. The second-order valence-corrected chi connectivity index (χ2v) is 6.53. The Morgan fingerprint density at radius 2 is 1.92 bits per heavy atom. The zero-order valence-electron chi connectivity index (χ0n) is 14.5. The highest BCUT2D eigenvalue weighted by Gasteiger charge is 2.17. The lowest BCUT2D eigenvalue weighted by Crippen LogP contribution is -2.29. The van der Waals surface area contributed by atoms with Gasteiger partial charge in [0.2, 0.25) is 0 Å². The van der Waals surface area contributed by atoms with Crippen LogP contribution in [-0.2, 0) is 21.4 Å². The number of nitrogens with one attached hydrogen (secondary N) is 1. The van der Waals surface area contributed by atoms with Gasteiger partial charge in [-0.05, 0) is 51.1 Å². The van der Waals surface area contributed by atoms with Crippen molar-refractivity contribution in [2.75, 3.05) is 5.32 Å². The van der Waals surface area contributed by atoms with Crippen LogP contribution < -0.4 is 5.32 Å². The van der Waals surface area contributed by atoms with E-state index in [9.17, 15) is 9.59 Å². The van der Waals surface area contributed by atoms with E-state index in [0.717, 1.165) is 21.4 Å².